The zero-order valence-corrected chi connectivity index (χ0v) is 23.3. The highest BCUT2D eigenvalue weighted by Crippen LogP contribution is 2.59. The van der Waals surface area contributed by atoms with Gasteiger partial charge < -0.3 is 28.8 Å². The largest absolute Gasteiger partial charge is 0.494 e. The van der Waals surface area contributed by atoms with Crippen LogP contribution >= 0.6 is 0 Å². The summed E-state index contributed by atoms with van der Waals surface area (Å²) < 4.78 is 29.9. The lowest BCUT2D eigenvalue weighted by atomic mass is 9.68. The van der Waals surface area contributed by atoms with Crippen molar-refractivity contribution >= 4 is 12.0 Å². The van der Waals surface area contributed by atoms with Crippen LogP contribution in [0.5, 0.6) is 5.75 Å². The van der Waals surface area contributed by atoms with E-state index in [1.165, 1.54) is 11.6 Å². The van der Waals surface area contributed by atoms with Crippen molar-refractivity contribution in [2.24, 2.45) is 5.92 Å². The quantitative estimate of drug-likeness (QED) is 0.116. The fourth-order valence-electron chi connectivity index (χ4n) is 5.86. The Morgan fingerprint density at radius 1 is 1.16 bits per heavy atom. The Labute approximate surface area is 227 Å². The van der Waals surface area contributed by atoms with Gasteiger partial charge in [-0.1, -0.05) is 30.2 Å². The minimum atomic E-state index is -0.380. The summed E-state index contributed by atoms with van der Waals surface area (Å²) in [6.07, 6.45) is 11.2. The Kier molecular flexibility index (Phi) is 9.69. The molecule has 1 spiro atoms. The zero-order chi connectivity index (χ0) is 27.2. The molecule has 2 heterocycles. The van der Waals surface area contributed by atoms with Crippen molar-refractivity contribution in [3.63, 3.8) is 0 Å². The number of esters is 1. The molecule has 1 N–H and O–H groups in total. The van der Waals surface area contributed by atoms with Gasteiger partial charge in [0.15, 0.2) is 0 Å². The van der Waals surface area contributed by atoms with Crippen LogP contribution in [0.25, 0.3) is 6.08 Å². The molecule has 3 fully saturated rings. The van der Waals surface area contributed by atoms with E-state index in [0.29, 0.717) is 19.6 Å². The summed E-state index contributed by atoms with van der Waals surface area (Å²) in [5.74, 6) is 0.431. The topological polar surface area (TPSA) is 90.1 Å². The Hall–Kier alpha value is -2.19. The second kappa shape index (κ2) is 12.8. The van der Waals surface area contributed by atoms with Gasteiger partial charge in [-0.25, -0.2) is 4.79 Å². The number of ether oxygens (including phenoxy) is 5. The van der Waals surface area contributed by atoms with Crippen LogP contribution in [0.2, 0.25) is 0 Å². The Balaban J connectivity index is 1.30. The summed E-state index contributed by atoms with van der Waals surface area (Å²) in [7, 11) is 1.69. The van der Waals surface area contributed by atoms with E-state index in [-0.39, 0.29) is 48.0 Å². The number of epoxide rings is 2. The molecule has 0 unspecified atom stereocenters. The number of rotatable bonds is 14. The van der Waals surface area contributed by atoms with Crippen molar-refractivity contribution in [1.82, 2.24) is 0 Å². The monoisotopic (exact) mass is 528 g/mol. The molecule has 2 saturated heterocycles. The highest BCUT2D eigenvalue weighted by Gasteiger charge is 2.72. The predicted molar refractivity (Wildman–Crippen MR) is 146 cm³/mol. The Bertz CT molecular complexity index is 976. The standard InChI is InChI=1S/C31H44O7/c1-22(2)9-15-26-30(3,38-26)29-28(34-4)25(17-18-31(29)21-36-31)37-27(33)16-12-23-10-13-24(14-11-23)35-20-8-6-5-7-19-32/h9-14,16,25-26,28-29,32H,5-8,15,17-21H2,1-4H3/t25-,26-,28-,29-,30+,31+/m1/s1. The third kappa shape index (κ3) is 7.06. The third-order valence-corrected chi connectivity index (χ3v) is 8.12. The Morgan fingerprint density at radius 3 is 2.55 bits per heavy atom. The molecular weight excluding hydrogens is 484 g/mol. The maximum Gasteiger partial charge on any atom is 0.331 e. The van der Waals surface area contributed by atoms with Crippen LogP contribution in [0.15, 0.2) is 42.0 Å². The summed E-state index contributed by atoms with van der Waals surface area (Å²) in [5.41, 5.74) is 1.58. The summed E-state index contributed by atoms with van der Waals surface area (Å²) >= 11 is 0. The van der Waals surface area contributed by atoms with Crippen molar-refractivity contribution in [2.45, 2.75) is 95.2 Å². The SMILES string of the molecule is CO[C@@H]1[C@H](OC(=O)C=Cc2ccc(OCCCCCCO)cc2)CC[C@]2(CO2)[C@H]1[C@@]1(C)O[C@@H]1CC=C(C)C. The summed E-state index contributed by atoms with van der Waals surface area (Å²) in [5, 5.41) is 8.83. The van der Waals surface area contributed by atoms with Gasteiger partial charge in [0.1, 0.15) is 29.2 Å². The molecule has 7 nitrogen and oxygen atoms in total. The normalized spacial score (nSPS) is 31.8. The van der Waals surface area contributed by atoms with E-state index in [4.69, 9.17) is 28.8 Å². The number of carbonyl (C=O) groups is 1. The van der Waals surface area contributed by atoms with Gasteiger partial charge in [-0.05, 0) is 83.1 Å². The number of methoxy groups -OCH3 is 1. The number of aliphatic hydroxyl groups is 1. The van der Waals surface area contributed by atoms with Gasteiger partial charge in [-0.3, -0.25) is 0 Å². The first-order valence-electron chi connectivity index (χ1n) is 14.0. The first-order chi connectivity index (χ1) is 18.3. The molecule has 1 aliphatic carbocycles. The summed E-state index contributed by atoms with van der Waals surface area (Å²) in [4.78, 5) is 12.8. The number of aliphatic hydroxyl groups excluding tert-OH is 1. The zero-order valence-electron chi connectivity index (χ0n) is 23.3. The average molecular weight is 529 g/mol. The Morgan fingerprint density at radius 2 is 1.89 bits per heavy atom. The van der Waals surface area contributed by atoms with Crippen molar-refractivity contribution in [3.8, 4) is 5.75 Å². The molecule has 2 aliphatic heterocycles. The molecule has 4 rings (SSSR count). The van der Waals surface area contributed by atoms with E-state index in [9.17, 15) is 4.79 Å². The number of allylic oxidation sites excluding steroid dienone is 1. The fraction of sp³-hybridized carbons (Fsp3) is 0.645. The number of benzene rings is 1. The molecule has 0 amide bonds. The first-order valence-corrected chi connectivity index (χ1v) is 14.0. The average Bonchev–Trinajstić information content (AvgIpc) is 3.82. The van der Waals surface area contributed by atoms with Gasteiger partial charge in [0.2, 0.25) is 0 Å². The molecule has 210 valence electrons. The highest BCUT2D eigenvalue weighted by atomic mass is 16.6. The molecule has 6 atom stereocenters. The lowest BCUT2D eigenvalue weighted by Gasteiger charge is -2.42. The van der Waals surface area contributed by atoms with Crippen molar-refractivity contribution < 1.29 is 33.6 Å². The van der Waals surface area contributed by atoms with Crippen molar-refractivity contribution in [3.05, 3.63) is 47.6 Å². The molecule has 1 aromatic rings. The number of hydrogen-bond acceptors (Lipinski definition) is 7. The molecule has 1 saturated carbocycles. The predicted octanol–water partition coefficient (Wildman–Crippen LogP) is 5.25. The molecular formula is C31H44O7. The van der Waals surface area contributed by atoms with Crippen LogP contribution in [-0.4, -0.2) is 67.5 Å². The van der Waals surface area contributed by atoms with Gasteiger partial charge in [0.25, 0.3) is 0 Å². The first kappa shape index (κ1) is 28.8. The van der Waals surface area contributed by atoms with Crippen LogP contribution < -0.4 is 4.74 Å². The third-order valence-electron chi connectivity index (χ3n) is 8.12. The maximum atomic E-state index is 12.8. The lowest BCUT2D eigenvalue weighted by molar-refractivity contribution is -0.166. The van der Waals surface area contributed by atoms with E-state index in [1.807, 2.05) is 24.3 Å². The van der Waals surface area contributed by atoms with Crippen LogP contribution in [0.3, 0.4) is 0 Å². The van der Waals surface area contributed by atoms with E-state index in [1.54, 1.807) is 13.2 Å². The molecule has 38 heavy (non-hydrogen) atoms. The smallest absolute Gasteiger partial charge is 0.331 e. The van der Waals surface area contributed by atoms with Gasteiger partial charge in [-0.2, -0.15) is 0 Å². The van der Waals surface area contributed by atoms with Crippen LogP contribution in [0, 0.1) is 5.92 Å². The number of unbranched alkanes of at least 4 members (excludes halogenated alkanes) is 3. The molecule has 0 aromatic heterocycles. The van der Waals surface area contributed by atoms with Gasteiger partial charge >= 0.3 is 5.97 Å². The molecule has 0 radical (unpaired) electrons. The summed E-state index contributed by atoms with van der Waals surface area (Å²) in [6, 6.07) is 7.65. The minimum absolute atomic E-state index is 0.00770. The molecule has 0 bridgehead atoms. The highest BCUT2D eigenvalue weighted by molar-refractivity contribution is 5.87. The second-order valence-corrected chi connectivity index (χ2v) is 11.2. The van der Waals surface area contributed by atoms with E-state index in [2.05, 4.69) is 26.8 Å². The van der Waals surface area contributed by atoms with Crippen molar-refractivity contribution in [1.29, 1.82) is 0 Å². The van der Waals surface area contributed by atoms with Gasteiger partial charge in [0.05, 0.1) is 25.2 Å². The number of hydrogen-bond donors (Lipinski definition) is 1. The van der Waals surface area contributed by atoms with Crippen LogP contribution in [0.4, 0.5) is 0 Å². The molecule has 3 aliphatic rings. The van der Waals surface area contributed by atoms with Gasteiger partial charge in [0, 0.05) is 19.8 Å². The maximum absolute atomic E-state index is 12.8. The molecule has 1 aromatic carbocycles. The minimum Gasteiger partial charge on any atom is -0.494 e. The van der Waals surface area contributed by atoms with Gasteiger partial charge in [-0.15, -0.1) is 0 Å². The van der Waals surface area contributed by atoms with Crippen LogP contribution in [-0.2, 0) is 23.7 Å². The van der Waals surface area contributed by atoms with Crippen molar-refractivity contribution in [2.75, 3.05) is 26.9 Å². The van der Waals surface area contributed by atoms with Crippen LogP contribution in [0.1, 0.15) is 71.3 Å². The van der Waals surface area contributed by atoms with E-state index >= 15 is 0 Å². The van der Waals surface area contributed by atoms with E-state index < -0.39 is 0 Å². The number of carbonyl (C=O) groups excluding carboxylic acids is 1. The second-order valence-electron chi connectivity index (χ2n) is 11.2. The lowest BCUT2D eigenvalue weighted by Crippen LogP contribution is -2.55. The van der Waals surface area contributed by atoms with E-state index in [0.717, 1.165) is 49.8 Å². The molecule has 7 heteroatoms. The fourth-order valence-corrected chi connectivity index (χ4v) is 5.86. The summed E-state index contributed by atoms with van der Waals surface area (Å²) in [6.45, 7) is 7.94.